The topological polar surface area (TPSA) is 20.3 Å². The summed E-state index contributed by atoms with van der Waals surface area (Å²) in [5, 5.41) is 6.47. The molecule has 0 aliphatic rings. The van der Waals surface area contributed by atoms with Gasteiger partial charge in [-0.25, -0.2) is 0 Å². The Kier molecular flexibility index (Phi) is 4.25. The van der Waals surface area contributed by atoms with Gasteiger partial charge in [0, 0.05) is 24.2 Å². The largest absolute Gasteiger partial charge is 0.339 e. The second kappa shape index (κ2) is 6.32. The van der Waals surface area contributed by atoms with E-state index in [0.717, 1.165) is 35.2 Å². The van der Waals surface area contributed by atoms with Crippen molar-refractivity contribution in [3.8, 4) is 11.1 Å². The third-order valence-corrected chi connectivity index (χ3v) is 4.70. The monoisotopic (exact) mass is 309 g/mol. The fourth-order valence-electron chi connectivity index (χ4n) is 2.85. The first-order valence-corrected chi connectivity index (χ1v) is 8.54. The molecule has 0 spiro atoms. The molecule has 3 aromatic rings. The van der Waals surface area contributed by atoms with Crippen molar-refractivity contribution in [1.82, 2.24) is 4.90 Å². The molecule has 0 fully saturated rings. The summed E-state index contributed by atoms with van der Waals surface area (Å²) in [6.07, 6.45) is 0. The molecule has 0 saturated heterocycles. The van der Waals surface area contributed by atoms with E-state index in [0.29, 0.717) is 0 Å². The highest BCUT2D eigenvalue weighted by atomic mass is 32.1. The maximum Gasteiger partial charge on any atom is 0.254 e. The lowest BCUT2D eigenvalue weighted by molar-refractivity contribution is 0.0774. The van der Waals surface area contributed by atoms with Gasteiger partial charge < -0.3 is 4.90 Å². The Labute approximate surface area is 135 Å². The van der Waals surface area contributed by atoms with Crippen LogP contribution in [0.5, 0.6) is 0 Å². The van der Waals surface area contributed by atoms with Gasteiger partial charge in [0.05, 0.1) is 0 Å². The zero-order chi connectivity index (χ0) is 15.5. The van der Waals surface area contributed by atoms with E-state index in [4.69, 9.17) is 0 Å². The van der Waals surface area contributed by atoms with E-state index >= 15 is 0 Å². The average Bonchev–Trinajstić information content (AvgIpc) is 3.08. The lowest BCUT2D eigenvalue weighted by Gasteiger charge is -2.21. The van der Waals surface area contributed by atoms with Gasteiger partial charge in [0.25, 0.3) is 5.91 Å². The first kappa shape index (κ1) is 14.8. The Morgan fingerprint density at radius 2 is 1.82 bits per heavy atom. The van der Waals surface area contributed by atoms with Crippen LogP contribution in [0.1, 0.15) is 24.2 Å². The number of hydrogen-bond donors (Lipinski definition) is 0. The van der Waals surface area contributed by atoms with Gasteiger partial charge >= 0.3 is 0 Å². The van der Waals surface area contributed by atoms with Crippen LogP contribution >= 0.6 is 11.3 Å². The van der Waals surface area contributed by atoms with Gasteiger partial charge in [-0.3, -0.25) is 4.79 Å². The van der Waals surface area contributed by atoms with Crippen LogP contribution in [0.3, 0.4) is 0 Å². The zero-order valence-electron chi connectivity index (χ0n) is 12.9. The number of nitrogens with zero attached hydrogens (tertiary/aromatic N) is 1. The van der Waals surface area contributed by atoms with Crippen molar-refractivity contribution >= 4 is 28.0 Å². The first-order valence-electron chi connectivity index (χ1n) is 7.59. The van der Waals surface area contributed by atoms with Crippen molar-refractivity contribution in [2.75, 3.05) is 13.1 Å². The lowest BCUT2D eigenvalue weighted by atomic mass is 9.94. The summed E-state index contributed by atoms with van der Waals surface area (Å²) in [5.41, 5.74) is 2.97. The molecule has 0 atom stereocenters. The number of benzene rings is 2. The van der Waals surface area contributed by atoms with E-state index in [-0.39, 0.29) is 5.91 Å². The maximum absolute atomic E-state index is 12.9. The molecular formula is C19H19NOS. The van der Waals surface area contributed by atoms with Crippen molar-refractivity contribution in [3.63, 3.8) is 0 Å². The molecule has 3 heteroatoms. The van der Waals surface area contributed by atoms with E-state index in [1.54, 1.807) is 11.3 Å². The summed E-state index contributed by atoms with van der Waals surface area (Å²) < 4.78 is 0. The van der Waals surface area contributed by atoms with Crippen molar-refractivity contribution in [2.24, 2.45) is 0 Å². The number of hydrogen-bond acceptors (Lipinski definition) is 2. The molecule has 22 heavy (non-hydrogen) atoms. The molecule has 0 aliphatic heterocycles. The van der Waals surface area contributed by atoms with E-state index in [2.05, 4.69) is 29.0 Å². The van der Waals surface area contributed by atoms with Gasteiger partial charge in [0.2, 0.25) is 0 Å². The van der Waals surface area contributed by atoms with Crippen LogP contribution in [0, 0.1) is 0 Å². The minimum Gasteiger partial charge on any atom is -0.339 e. The fraction of sp³-hybridized carbons (Fsp3) is 0.211. The van der Waals surface area contributed by atoms with Crippen molar-refractivity contribution < 1.29 is 4.79 Å². The molecule has 0 aliphatic carbocycles. The average molecular weight is 309 g/mol. The molecule has 0 radical (unpaired) electrons. The molecule has 112 valence electrons. The number of fused-ring (bicyclic) bond motifs is 1. The Morgan fingerprint density at radius 1 is 1.05 bits per heavy atom. The number of carbonyl (C=O) groups is 1. The summed E-state index contributed by atoms with van der Waals surface area (Å²) in [6, 6.07) is 14.4. The maximum atomic E-state index is 12.9. The SMILES string of the molecule is CCN(CC)C(=O)c1ccc2ccccc2c1-c1ccsc1. The number of thiophene rings is 1. The minimum atomic E-state index is 0.108. The number of amides is 1. The molecule has 0 unspecified atom stereocenters. The zero-order valence-corrected chi connectivity index (χ0v) is 13.7. The molecule has 2 aromatic carbocycles. The van der Waals surface area contributed by atoms with E-state index in [9.17, 15) is 4.79 Å². The quantitative estimate of drug-likeness (QED) is 0.660. The highest BCUT2D eigenvalue weighted by Crippen LogP contribution is 2.34. The van der Waals surface area contributed by atoms with Crippen molar-refractivity contribution in [3.05, 3.63) is 58.8 Å². The third-order valence-electron chi connectivity index (χ3n) is 4.02. The summed E-state index contributed by atoms with van der Waals surface area (Å²) in [6.45, 7) is 5.50. The number of rotatable bonds is 4. The molecule has 1 heterocycles. The fourth-order valence-corrected chi connectivity index (χ4v) is 3.50. The number of carbonyl (C=O) groups excluding carboxylic acids is 1. The molecule has 0 N–H and O–H groups in total. The van der Waals surface area contributed by atoms with E-state index < -0.39 is 0 Å². The van der Waals surface area contributed by atoms with Gasteiger partial charge in [0.15, 0.2) is 0 Å². The Hall–Kier alpha value is -2.13. The van der Waals surface area contributed by atoms with Gasteiger partial charge in [-0.05, 0) is 53.1 Å². The second-order valence-corrected chi connectivity index (χ2v) is 5.98. The summed E-state index contributed by atoms with van der Waals surface area (Å²) >= 11 is 1.66. The summed E-state index contributed by atoms with van der Waals surface area (Å²) in [4.78, 5) is 14.8. The first-order chi connectivity index (χ1) is 10.8. The molecule has 1 amide bonds. The van der Waals surface area contributed by atoms with E-state index in [1.807, 2.05) is 43.0 Å². The Balaban J connectivity index is 2.26. The van der Waals surface area contributed by atoms with Crippen LogP contribution in [-0.2, 0) is 0 Å². The van der Waals surface area contributed by atoms with Crippen molar-refractivity contribution in [2.45, 2.75) is 13.8 Å². The van der Waals surface area contributed by atoms with Gasteiger partial charge in [-0.2, -0.15) is 11.3 Å². The molecule has 0 bridgehead atoms. The highest BCUT2D eigenvalue weighted by Gasteiger charge is 2.19. The molecular weight excluding hydrogens is 290 g/mol. The van der Waals surface area contributed by atoms with Crippen LogP contribution in [-0.4, -0.2) is 23.9 Å². The second-order valence-electron chi connectivity index (χ2n) is 5.20. The molecule has 2 nitrogen and oxygen atoms in total. The van der Waals surface area contributed by atoms with Crippen molar-refractivity contribution in [1.29, 1.82) is 0 Å². The van der Waals surface area contributed by atoms with E-state index in [1.165, 1.54) is 5.39 Å². The van der Waals surface area contributed by atoms with Gasteiger partial charge in [0.1, 0.15) is 0 Å². The molecule has 0 saturated carbocycles. The summed E-state index contributed by atoms with van der Waals surface area (Å²) in [5.74, 6) is 0.108. The minimum absolute atomic E-state index is 0.108. The van der Waals surface area contributed by atoms with Crippen LogP contribution in [0.4, 0.5) is 0 Å². The highest BCUT2D eigenvalue weighted by molar-refractivity contribution is 7.08. The molecule has 3 rings (SSSR count). The Morgan fingerprint density at radius 3 is 2.50 bits per heavy atom. The normalized spacial score (nSPS) is 10.8. The summed E-state index contributed by atoms with van der Waals surface area (Å²) in [7, 11) is 0. The smallest absolute Gasteiger partial charge is 0.254 e. The van der Waals surface area contributed by atoms with Crippen LogP contribution in [0.25, 0.3) is 21.9 Å². The standard InChI is InChI=1S/C19H19NOS/c1-3-20(4-2)19(21)17-10-9-14-7-5-6-8-16(14)18(17)15-11-12-22-13-15/h5-13H,3-4H2,1-2H3. The lowest BCUT2D eigenvalue weighted by Crippen LogP contribution is -2.30. The third kappa shape index (κ3) is 2.53. The van der Waals surface area contributed by atoms with Gasteiger partial charge in [-0.1, -0.05) is 30.3 Å². The predicted molar refractivity (Wildman–Crippen MR) is 94.5 cm³/mol. The predicted octanol–water partition coefficient (Wildman–Crippen LogP) is 5.05. The van der Waals surface area contributed by atoms with Crippen LogP contribution in [0.15, 0.2) is 53.2 Å². The Bertz CT molecular complexity index is 788. The molecule has 1 aromatic heterocycles. The van der Waals surface area contributed by atoms with Crippen LogP contribution < -0.4 is 0 Å². The van der Waals surface area contributed by atoms with Crippen LogP contribution in [0.2, 0.25) is 0 Å². The van der Waals surface area contributed by atoms with Gasteiger partial charge in [-0.15, -0.1) is 0 Å².